The van der Waals surface area contributed by atoms with Gasteiger partial charge in [0, 0.05) is 9.40 Å². The van der Waals surface area contributed by atoms with Gasteiger partial charge in [-0.25, -0.2) is 4.79 Å². The fourth-order valence-corrected chi connectivity index (χ4v) is 3.74. The molecule has 0 aliphatic carbocycles. The van der Waals surface area contributed by atoms with Crippen LogP contribution in [0.25, 0.3) is 20.2 Å². The highest BCUT2D eigenvalue weighted by Crippen LogP contribution is 2.32. The first-order chi connectivity index (χ1) is 9.19. The Balaban J connectivity index is 2.05. The number of benzene rings is 1. The molecule has 0 radical (unpaired) electrons. The van der Waals surface area contributed by atoms with Crippen LogP contribution in [0.3, 0.4) is 0 Å². The minimum atomic E-state index is -0.782. The molecule has 96 valence electrons. The van der Waals surface area contributed by atoms with E-state index in [1.54, 1.807) is 24.3 Å². The average molecular weight is 290 g/mol. The van der Waals surface area contributed by atoms with Crippen LogP contribution in [-0.2, 0) is 9.53 Å². The Morgan fingerprint density at radius 1 is 1.16 bits per heavy atom. The number of esters is 1. The molecule has 5 heteroatoms. The van der Waals surface area contributed by atoms with Gasteiger partial charge in [0.1, 0.15) is 0 Å². The monoisotopic (exact) mass is 290 g/mol. The number of ketones is 1. The number of ether oxygens (including phenoxy) is 1. The van der Waals surface area contributed by atoms with Gasteiger partial charge in [-0.05, 0) is 47.3 Å². The van der Waals surface area contributed by atoms with E-state index < -0.39 is 11.8 Å². The molecule has 0 atom stereocenters. The van der Waals surface area contributed by atoms with E-state index in [0.29, 0.717) is 4.88 Å². The van der Waals surface area contributed by atoms with Gasteiger partial charge < -0.3 is 4.74 Å². The molecule has 0 bridgehead atoms. The van der Waals surface area contributed by atoms with Crippen LogP contribution in [0.4, 0.5) is 0 Å². The second-order valence-electron chi connectivity index (χ2n) is 4.01. The summed E-state index contributed by atoms with van der Waals surface area (Å²) in [7, 11) is 0. The van der Waals surface area contributed by atoms with Crippen LogP contribution in [0.1, 0.15) is 16.6 Å². The molecule has 0 unspecified atom stereocenters. The highest BCUT2D eigenvalue weighted by molar-refractivity contribution is 7.22. The predicted octanol–water partition coefficient (Wildman–Crippen LogP) is 3.86. The van der Waals surface area contributed by atoms with E-state index in [2.05, 4.69) is 0 Å². The van der Waals surface area contributed by atoms with E-state index in [0.717, 1.165) is 15.5 Å². The van der Waals surface area contributed by atoms with Crippen molar-refractivity contribution in [2.24, 2.45) is 0 Å². The highest BCUT2D eigenvalue weighted by atomic mass is 32.1. The second-order valence-corrected chi connectivity index (χ2v) is 6.04. The zero-order valence-corrected chi connectivity index (χ0v) is 11.8. The molecule has 2 aromatic heterocycles. The number of hydrogen-bond acceptors (Lipinski definition) is 5. The summed E-state index contributed by atoms with van der Waals surface area (Å²) in [5.41, 5.74) is 0. The molecule has 0 amide bonds. The van der Waals surface area contributed by atoms with Gasteiger partial charge in [0.15, 0.2) is 0 Å². The largest absolute Gasteiger partial charge is 0.460 e. The number of hydrogen-bond donors (Lipinski definition) is 0. The Morgan fingerprint density at radius 2 is 1.95 bits per heavy atom. The molecule has 19 heavy (non-hydrogen) atoms. The van der Waals surface area contributed by atoms with E-state index in [1.807, 2.05) is 23.6 Å². The van der Waals surface area contributed by atoms with Gasteiger partial charge >= 0.3 is 5.97 Å². The molecule has 3 nitrogen and oxygen atoms in total. The van der Waals surface area contributed by atoms with E-state index in [-0.39, 0.29) is 6.61 Å². The van der Waals surface area contributed by atoms with Gasteiger partial charge in [0.2, 0.25) is 0 Å². The quantitative estimate of drug-likeness (QED) is 0.418. The fourth-order valence-electron chi connectivity index (χ4n) is 1.90. The molecule has 3 rings (SSSR count). The van der Waals surface area contributed by atoms with E-state index in [9.17, 15) is 9.59 Å². The van der Waals surface area contributed by atoms with Gasteiger partial charge in [0.05, 0.1) is 11.5 Å². The van der Waals surface area contributed by atoms with Crippen LogP contribution >= 0.6 is 22.7 Å². The molecule has 0 N–H and O–H groups in total. The van der Waals surface area contributed by atoms with E-state index in [1.165, 1.54) is 16.0 Å². The Hall–Kier alpha value is -1.72. The van der Waals surface area contributed by atoms with Crippen LogP contribution in [0, 0.1) is 0 Å². The number of carbonyl (C=O) groups excluding carboxylic acids is 2. The smallest absolute Gasteiger partial charge is 0.380 e. The average Bonchev–Trinajstić information content (AvgIpc) is 2.99. The number of fused-ring (bicyclic) bond motifs is 2. The number of rotatable bonds is 3. The molecular formula is C14H10O3S2. The molecule has 0 aliphatic heterocycles. The molecule has 0 spiro atoms. The maximum Gasteiger partial charge on any atom is 0.380 e. The van der Waals surface area contributed by atoms with Crippen molar-refractivity contribution in [3.05, 3.63) is 34.5 Å². The topological polar surface area (TPSA) is 43.4 Å². The Kier molecular flexibility index (Phi) is 3.08. The summed E-state index contributed by atoms with van der Waals surface area (Å²) in [4.78, 5) is 23.8. The number of Topliss-reactive ketones (excluding diaryl/α,β-unsaturated/α-hetero) is 1. The standard InChI is InChI=1S/C14H10O3S2/c1-2-17-14(16)13(15)12-7-9-6-10-8(3-4-18-10)5-11(9)19-12/h3-7H,2H2,1H3. The molecule has 3 aromatic rings. The molecule has 0 fully saturated rings. The van der Waals surface area contributed by atoms with Crippen molar-refractivity contribution in [2.75, 3.05) is 6.61 Å². The minimum absolute atomic E-state index is 0.213. The van der Waals surface area contributed by atoms with Crippen molar-refractivity contribution >= 4 is 54.6 Å². The summed E-state index contributed by atoms with van der Waals surface area (Å²) in [5.74, 6) is -1.35. The molecule has 0 saturated heterocycles. The first-order valence-electron chi connectivity index (χ1n) is 5.81. The van der Waals surface area contributed by atoms with Crippen LogP contribution in [0.5, 0.6) is 0 Å². The maximum absolute atomic E-state index is 11.9. The molecule has 1 aromatic carbocycles. The summed E-state index contributed by atoms with van der Waals surface area (Å²) in [6.45, 7) is 1.90. The Bertz CT molecular complexity index is 734. The molecular weight excluding hydrogens is 280 g/mol. The lowest BCUT2D eigenvalue weighted by Crippen LogP contribution is -2.16. The Labute approximate surface area is 117 Å². The number of thiophene rings is 2. The molecule has 2 heterocycles. The minimum Gasteiger partial charge on any atom is -0.460 e. The third-order valence-corrected chi connectivity index (χ3v) is 4.75. The van der Waals surface area contributed by atoms with Crippen molar-refractivity contribution in [3.8, 4) is 0 Å². The van der Waals surface area contributed by atoms with Gasteiger partial charge in [-0.1, -0.05) is 0 Å². The van der Waals surface area contributed by atoms with Crippen LogP contribution in [-0.4, -0.2) is 18.4 Å². The van der Waals surface area contributed by atoms with Crippen LogP contribution in [0.2, 0.25) is 0 Å². The van der Waals surface area contributed by atoms with Crippen molar-refractivity contribution < 1.29 is 14.3 Å². The first kappa shape index (κ1) is 12.3. The van der Waals surface area contributed by atoms with E-state index >= 15 is 0 Å². The first-order valence-corrected chi connectivity index (χ1v) is 7.51. The SMILES string of the molecule is CCOC(=O)C(=O)c1cc2cc3sccc3cc2s1. The van der Waals surface area contributed by atoms with Crippen LogP contribution < -0.4 is 0 Å². The predicted molar refractivity (Wildman–Crippen MR) is 78.2 cm³/mol. The van der Waals surface area contributed by atoms with Gasteiger partial charge in [-0.15, -0.1) is 22.7 Å². The third-order valence-electron chi connectivity index (χ3n) is 2.78. The summed E-state index contributed by atoms with van der Waals surface area (Å²) in [6, 6.07) is 7.91. The molecule has 0 aliphatic rings. The van der Waals surface area contributed by atoms with Crippen LogP contribution in [0.15, 0.2) is 29.6 Å². The van der Waals surface area contributed by atoms with E-state index in [4.69, 9.17) is 4.74 Å². The zero-order valence-electron chi connectivity index (χ0n) is 10.1. The lowest BCUT2D eigenvalue weighted by Gasteiger charge is -1.96. The number of carbonyl (C=O) groups is 2. The third kappa shape index (κ3) is 2.15. The fraction of sp³-hybridized carbons (Fsp3) is 0.143. The Morgan fingerprint density at radius 3 is 2.74 bits per heavy atom. The maximum atomic E-state index is 11.9. The van der Waals surface area contributed by atoms with Gasteiger partial charge in [-0.3, -0.25) is 4.79 Å². The zero-order chi connectivity index (χ0) is 13.4. The summed E-state index contributed by atoms with van der Waals surface area (Å²) >= 11 is 2.99. The summed E-state index contributed by atoms with van der Waals surface area (Å²) < 4.78 is 6.93. The normalized spacial score (nSPS) is 11.0. The lowest BCUT2D eigenvalue weighted by atomic mass is 10.2. The van der Waals surface area contributed by atoms with Gasteiger partial charge in [0.25, 0.3) is 5.78 Å². The van der Waals surface area contributed by atoms with Crippen molar-refractivity contribution in [2.45, 2.75) is 6.92 Å². The molecule has 0 saturated carbocycles. The lowest BCUT2D eigenvalue weighted by molar-refractivity contribution is -0.137. The van der Waals surface area contributed by atoms with Crippen molar-refractivity contribution in [1.82, 2.24) is 0 Å². The van der Waals surface area contributed by atoms with Gasteiger partial charge in [-0.2, -0.15) is 0 Å². The highest BCUT2D eigenvalue weighted by Gasteiger charge is 2.20. The van der Waals surface area contributed by atoms with Crippen molar-refractivity contribution in [1.29, 1.82) is 0 Å². The van der Waals surface area contributed by atoms with Crippen molar-refractivity contribution in [3.63, 3.8) is 0 Å². The summed E-state index contributed by atoms with van der Waals surface area (Å²) in [5, 5.41) is 4.20. The summed E-state index contributed by atoms with van der Waals surface area (Å²) in [6.07, 6.45) is 0. The second kappa shape index (κ2) is 4.75.